The first-order valence-electron chi connectivity index (χ1n) is 5.38. The molecular weight excluding hydrogens is 282 g/mol. The van der Waals surface area contributed by atoms with Crippen molar-refractivity contribution >= 4 is 15.4 Å². The molecule has 0 aliphatic heterocycles. The predicted molar refractivity (Wildman–Crippen MR) is 67.6 cm³/mol. The van der Waals surface area contributed by atoms with E-state index < -0.39 is 15.4 Å². The van der Waals surface area contributed by atoms with Crippen molar-refractivity contribution in [2.24, 2.45) is 0 Å². The number of phosphoric acid groups is 1. The number of hydrogen-bond donors (Lipinski definition) is 0. The van der Waals surface area contributed by atoms with Gasteiger partial charge < -0.3 is 13.6 Å². The molecule has 7 nitrogen and oxygen atoms in total. The molecule has 0 heterocycles. The van der Waals surface area contributed by atoms with Crippen molar-refractivity contribution in [3.8, 4) is 0 Å². The largest absolute Gasteiger partial charge is 0.528 e. The summed E-state index contributed by atoms with van der Waals surface area (Å²) < 4.78 is 47.4. The zero-order valence-corrected chi connectivity index (χ0v) is 12.8. The van der Waals surface area contributed by atoms with E-state index in [-0.39, 0.29) is 19.4 Å². The van der Waals surface area contributed by atoms with Gasteiger partial charge in [-0.1, -0.05) is 0 Å². The molecule has 0 atom stereocenters. The highest BCUT2D eigenvalue weighted by atomic mass is 31.2. The molecule has 0 amide bonds. The summed E-state index contributed by atoms with van der Waals surface area (Å²) in [5.41, 5.74) is 0. The van der Waals surface area contributed by atoms with Crippen LogP contribution in [0.1, 0.15) is 13.8 Å². The van der Waals surface area contributed by atoms with E-state index in [4.69, 9.17) is 13.6 Å². The Kier molecular flexibility index (Phi) is 8.78. The molecule has 0 rings (SSSR count). The maximum absolute atomic E-state index is 12.0. The topological polar surface area (TPSA) is 80.3 Å². The average molecular weight is 302 g/mol. The van der Waals surface area contributed by atoms with E-state index in [2.05, 4.69) is 9.05 Å². The van der Waals surface area contributed by atoms with Gasteiger partial charge in [-0.05, 0) is 19.9 Å². The predicted octanol–water partition coefficient (Wildman–Crippen LogP) is 3.18. The molecule has 0 N–H and O–H groups in total. The molecule has 0 aromatic rings. The van der Waals surface area contributed by atoms with Crippen LogP contribution < -0.4 is 0 Å². The molecule has 0 aliphatic carbocycles. The van der Waals surface area contributed by atoms with Crippen molar-refractivity contribution < 1.29 is 31.7 Å². The minimum atomic E-state index is -3.55. The number of rotatable bonds is 10. The van der Waals surface area contributed by atoms with Crippen LogP contribution in [0.15, 0.2) is 12.3 Å². The van der Waals surface area contributed by atoms with Crippen LogP contribution in [0.2, 0.25) is 0 Å². The molecule has 0 radical (unpaired) electrons. The van der Waals surface area contributed by atoms with E-state index in [1.807, 2.05) is 0 Å². The number of allylic oxidation sites excluding steroid dienone is 1. The monoisotopic (exact) mass is 302 g/mol. The van der Waals surface area contributed by atoms with Crippen LogP contribution in [0.25, 0.3) is 0 Å². The van der Waals surface area contributed by atoms with Crippen molar-refractivity contribution in [2.45, 2.75) is 13.8 Å². The molecule has 0 aromatic carbocycles. The van der Waals surface area contributed by atoms with Crippen LogP contribution in [-0.4, -0.2) is 33.6 Å². The number of hydrogen-bond acceptors (Lipinski definition) is 7. The minimum absolute atomic E-state index is 0.0160. The summed E-state index contributed by atoms with van der Waals surface area (Å²) in [6.07, 6.45) is 2.50. The maximum Gasteiger partial charge on any atom is 0.528 e. The van der Waals surface area contributed by atoms with Gasteiger partial charge >= 0.3 is 15.4 Å². The van der Waals surface area contributed by atoms with Crippen molar-refractivity contribution in [1.82, 2.24) is 0 Å². The van der Waals surface area contributed by atoms with Crippen molar-refractivity contribution in [1.29, 1.82) is 0 Å². The molecule has 108 valence electrons. The van der Waals surface area contributed by atoms with Crippen LogP contribution >= 0.6 is 15.4 Å². The van der Waals surface area contributed by atoms with Crippen LogP contribution in [0.5, 0.6) is 0 Å². The summed E-state index contributed by atoms with van der Waals surface area (Å²) in [5, 5.41) is 0. The summed E-state index contributed by atoms with van der Waals surface area (Å²) in [7, 11) is -4.31. The Morgan fingerprint density at radius 1 is 1.00 bits per heavy atom. The van der Waals surface area contributed by atoms with Gasteiger partial charge in [0.2, 0.25) is 0 Å². The first kappa shape index (κ1) is 17.8. The summed E-state index contributed by atoms with van der Waals surface area (Å²) in [6.45, 7) is 3.99. The molecule has 0 saturated carbocycles. The summed E-state index contributed by atoms with van der Waals surface area (Å²) in [5.74, 6) is 0. The SMILES string of the molecule is CCOP(=O)(CC=COP(=O)(OC)OC)OCC. The quantitative estimate of drug-likeness (QED) is 0.453. The smallest absolute Gasteiger partial charge is 0.412 e. The van der Waals surface area contributed by atoms with Gasteiger partial charge in [0, 0.05) is 14.2 Å². The van der Waals surface area contributed by atoms with Crippen molar-refractivity contribution in [3.05, 3.63) is 12.3 Å². The molecule has 18 heavy (non-hydrogen) atoms. The van der Waals surface area contributed by atoms with Gasteiger partial charge in [0.05, 0.1) is 25.6 Å². The summed E-state index contributed by atoms with van der Waals surface area (Å²) in [6, 6.07) is 0. The fourth-order valence-corrected chi connectivity index (χ4v) is 2.96. The second-order valence-electron chi connectivity index (χ2n) is 2.92. The molecular formula is C9H20O7P2. The van der Waals surface area contributed by atoms with Crippen molar-refractivity contribution in [2.75, 3.05) is 33.6 Å². The fraction of sp³-hybridized carbons (Fsp3) is 0.778. The Bertz CT molecular complexity index is 324. The van der Waals surface area contributed by atoms with Gasteiger partial charge in [0.1, 0.15) is 0 Å². The lowest BCUT2D eigenvalue weighted by Crippen LogP contribution is -1.98. The van der Waals surface area contributed by atoms with Gasteiger partial charge in [-0.15, -0.1) is 0 Å². The van der Waals surface area contributed by atoms with Gasteiger partial charge in [-0.2, -0.15) is 0 Å². The second kappa shape index (κ2) is 8.86. The minimum Gasteiger partial charge on any atom is -0.412 e. The third-order valence-electron chi connectivity index (χ3n) is 1.71. The Morgan fingerprint density at radius 2 is 1.50 bits per heavy atom. The van der Waals surface area contributed by atoms with Crippen LogP contribution in [0.4, 0.5) is 0 Å². The molecule has 9 heteroatoms. The van der Waals surface area contributed by atoms with E-state index in [9.17, 15) is 9.13 Å². The first-order valence-corrected chi connectivity index (χ1v) is 8.57. The second-order valence-corrected chi connectivity index (χ2v) is 6.86. The van der Waals surface area contributed by atoms with E-state index in [1.54, 1.807) is 13.8 Å². The van der Waals surface area contributed by atoms with E-state index in [0.717, 1.165) is 6.26 Å². The molecule has 0 bridgehead atoms. The Morgan fingerprint density at radius 3 is 1.89 bits per heavy atom. The lowest BCUT2D eigenvalue weighted by molar-refractivity contribution is 0.193. The third-order valence-corrected chi connectivity index (χ3v) is 4.95. The zero-order valence-electron chi connectivity index (χ0n) is 11.0. The molecule has 0 spiro atoms. The summed E-state index contributed by atoms with van der Waals surface area (Å²) in [4.78, 5) is 0. The van der Waals surface area contributed by atoms with Crippen LogP contribution in [0, 0.1) is 0 Å². The van der Waals surface area contributed by atoms with E-state index in [0.29, 0.717) is 0 Å². The van der Waals surface area contributed by atoms with Gasteiger partial charge in [-0.3, -0.25) is 13.6 Å². The van der Waals surface area contributed by atoms with Gasteiger partial charge in [0.25, 0.3) is 0 Å². The lowest BCUT2D eigenvalue weighted by atomic mass is 10.7. The van der Waals surface area contributed by atoms with Crippen LogP contribution in [0.3, 0.4) is 0 Å². The highest BCUT2D eigenvalue weighted by Gasteiger charge is 2.24. The summed E-state index contributed by atoms with van der Waals surface area (Å²) >= 11 is 0. The molecule has 0 fully saturated rings. The Balaban J connectivity index is 4.36. The lowest BCUT2D eigenvalue weighted by Gasteiger charge is -2.15. The van der Waals surface area contributed by atoms with E-state index in [1.165, 1.54) is 20.3 Å². The molecule has 0 aromatic heterocycles. The molecule has 0 unspecified atom stereocenters. The average Bonchev–Trinajstić information content (AvgIpc) is 2.35. The maximum atomic E-state index is 12.0. The zero-order chi connectivity index (χ0) is 14.1. The van der Waals surface area contributed by atoms with E-state index >= 15 is 0 Å². The van der Waals surface area contributed by atoms with Gasteiger partial charge in [-0.25, -0.2) is 4.57 Å². The standard InChI is InChI=1S/C9H20O7P2/c1-5-14-17(10,15-6-2)9-7-8-16-18(11,12-3)13-4/h7-8H,5-6,9H2,1-4H3. The van der Waals surface area contributed by atoms with Crippen LogP contribution in [-0.2, 0) is 31.7 Å². The fourth-order valence-electron chi connectivity index (χ4n) is 0.986. The molecule has 0 aliphatic rings. The highest BCUT2D eigenvalue weighted by Crippen LogP contribution is 2.49. The van der Waals surface area contributed by atoms with Crippen molar-refractivity contribution in [3.63, 3.8) is 0 Å². The first-order chi connectivity index (χ1) is 8.45. The molecule has 0 saturated heterocycles. The number of phosphoric ester groups is 1. The normalized spacial score (nSPS) is 13.1. The van der Waals surface area contributed by atoms with Gasteiger partial charge in [0.15, 0.2) is 0 Å². The third kappa shape index (κ3) is 6.69. The Labute approximate surface area is 108 Å². The Hall–Kier alpha value is -0.160. The highest BCUT2D eigenvalue weighted by molar-refractivity contribution is 7.54.